The summed E-state index contributed by atoms with van der Waals surface area (Å²) in [7, 11) is 3.60. The zero-order chi connectivity index (χ0) is 13.0. The van der Waals surface area contributed by atoms with Crippen LogP contribution in [0.3, 0.4) is 0 Å². The number of hydrogen-bond donors (Lipinski definition) is 1. The van der Waals surface area contributed by atoms with Crippen LogP contribution in [0.5, 0.6) is 0 Å². The van der Waals surface area contributed by atoms with Crippen LogP contribution in [0.15, 0.2) is 0 Å². The molecular weight excluding hydrogens is 214 g/mol. The number of carbonyl (C=O) groups excluding carboxylic acids is 1. The highest BCUT2D eigenvalue weighted by atomic mass is 16.6. The number of esters is 1. The molecule has 0 rings (SSSR count). The lowest BCUT2D eigenvalue weighted by atomic mass is 10.6. The van der Waals surface area contributed by atoms with Crippen molar-refractivity contribution >= 4 is 11.9 Å². The Morgan fingerprint density at radius 1 is 1.19 bits per heavy atom. The van der Waals surface area contributed by atoms with Crippen molar-refractivity contribution in [1.29, 1.82) is 0 Å². The topological polar surface area (TPSA) is 76.1 Å². The maximum Gasteiger partial charge on any atom is 0.417 e. The third-order valence-corrected chi connectivity index (χ3v) is 1.35. The molecule has 0 aromatic rings. The van der Waals surface area contributed by atoms with Gasteiger partial charge in [0.2, 0.25) is 0 Å². The quantitative estimate of drug-likeness (QED) is 0.542. The first-order chi connectivity index (χ1) is 7.45. The van der Waals surface area contributed by atoms with Crippen molar-refractivity contribution in [2.24, 2.45) is 0 Å². The predicted molar refractivity (Wildman–Crippen MR) is 59.3 cm³/mol. The molecule has 0 spiro atoms. The van der Waals surface area contributed by atoms with Crippen LogP contribution >= 0.6 is 0 Å². The van der Waals surface area contributed by atoms with Gasteiger partial charge in [-0.3, -0.25) is 0 Å². The van der Waals surface area contributed by atoms with E-state index < -0.39 is 11.9 Å². The molecule has 0 aliphatic carbocycles. The van der Waals surface area contributed by atoms with Gasteiger partial charge in [-0.2, -0.15) is 0 Å². The normalized spacial score (nSPS) is 9.31. The number of ether oxygens (including phenoxy) is 2. The first kappa shape index (κ1) is 17.3. The maximum atomic E-state index is 10.3. The van der Waals surface area contributed by atoms with Gasteiger partial charge in [0.15, 0.2) is 0 Å². The van der Waals surface area contributed by atoms with Gasteiger partial charge in [0, 0.05) is 19.8 Å². The Hall–Kier alpha value is -1.14. The van der Waals surface area contributed by atoms with Crippen molar-refractivity contribution in [3.63, 3.8) is 0 Å². The maximum absolute atomic E-state index is 10.3. The first-order valence-electron chi connectivity index (χ1n) is 5.08. The molecule has 0 atom stereocenters. The molecule has 6 heteroatoms. The smallest absolute Gasteiger partial charge is 0.417 e. The van der Waals surface area contributed by atoms with E-state index in [1.165, 1.54) is 0 Å². The van der Waals surface area contributed by atoms with Crippen LogP contribution in [0.1, 0.15) is 13.8 Å². The summed E-state index contributed by atoms with van der Waals surface area (Å²) in [6.07, 6.45) is 0. The summed E-state index contributed by atoms with van der Waals surface area (Å²) in [6.45, 7) is 6.30. The highest BCUT2D eigenvalue weighted by Gasteiger charge is 2.11. The van der Waals surface area contributed by atoms with E-state index in [9.17, 15) is 9.59 Å². The Balaban J connectivity index is 0. The Kier molecular flexibility index (Phi) is 12.9. The molecule has 0 radical (unpaired) electrons. The second-order valence-corrected chi connectivity index (χ2v) is 3.03. The van der Waals surface area contributed by atoms with Crippen molar-refractivity contribution < 1.29 is 24.2 Å². The third-order valence-electron chi connectivity index (χ3n) is 1.35. The summed E-state index contributed by atoms with van der Waals surface area (Å²) >= 11 is 0. The molecule has 0 unspecified atom stereocenters. The zero-order valence-electron chi connectivity index (χ0n) is 10.4. The summed E-state index contributed by atoms with van der Waals surface area (Å²) in [5, 5.41) is 8.06. The molecule has 0 aliphatic heterocycles. The van der Waals surface area contributed by atoms with E-state index in [4.69, 9.17) is 9.84 Å². The van der Waals surface area contributed by atoms with Crippen LogP contribution in [0.25, 0.3) is 0 Å². The molecule has 0 heterocycles. The van der Waals surface area contributed by atoms with Crippen LogP contribution in [0.2, 0.25) is 0 Å². The molecule has 16 heavy (non-hydrogen) atoms. The predicted octanol–water partition coefficient (Wildman–Crippen LogP) is 0.219. The molecular formula is C10H21NO5. The van der Waals surface area contributed by atoms with E-state index in [0.29, 0.717) is 6.54 Å². The Morgan fingerprint density at radius 3 is 1.94 bits per heavy atom. The van der Waals surface area contributed by atoms with Crippen molar-refractivity contribution in [3.05, 3.63) is 0 Å². The minimum absolute atomic E-state index is 0.109. The standard InChI is InChI=1S/C6H11NO4.C4H10O/c1-7(2)3-4-11-6(10)5(8)9;1-3-5-4-2/h3-4H2,1-2H3,(H,8,9);3-4H2,1-2H3. The summed E-state index contributed by atoms with van der Waals surface area (Å²) in [4.78, 5) is 22.0. The fourth-order valence-electron chi connectivity index (χ4n) is 0.587. The van der Waals surface area contributed by atoms with Crippen LogP contribution in [0.4, 0.5) is 0 Å². The minimum atomic E-state index is -1.55. The average Bonchev–Trinajstić information content (AvgIpc) is 2.19. The van der Waals surface area contributed by atoms with Gasteiger partial charge in [0.05, 0.1) is 0 Å². The van der Waals surface area contributed by atoms with E-state index in [1.807, 2.05) is 13.8 Å². The van der Waals surface area contributed by atoms with E-state index in [-0.39, 0.29) is 6.61 Å². The Bertz CT molecular complexity index is 192. The lowest BCUT2D eigenvalue weighted by Gasteiger charge is -2.07. The van der Waals surface area contributed by atoms with E-state index >= 15 is 0 Å². The Morgan fingerprint density at radius 2 is 1.69 bits per heavy atom. The number of carboxylic acids is 1. The average molecular weight is 235 g/mol. The summed E-state index contributed by atoms with van der Waals surface area (Å²) in [5.41, 5.74) is 0. The molecule has 1 N–H and O–H groups in total. The zero-order valence-corrected chi connectivity index (χ0v) is 10.4. The van der Waals surface area contributed by atoms with Gasteiger partial charge in [-0.05, 0) is 27.9 Å². The van der Waals surface area contributed by atoms with Gasteiger partial charge in [-0.1, -0.05) is 0 Å². The second kappa shape index (κ2) is 11.9. The summed E-state index contributed by atoms with van der Waals surface area (Å²) in [5.74, 6) is -2.75. The molecule has 96 valence electrons. The fraction of sp³-hybridized carbons (Fsp3) is 0.800. The van der Waals surface area contributed by atoms with E-state index in [2.05, 4.69) is 4.74 Å². The molecule has 0 bridgehead atoms. The first-order valence-corrected chi connectivity index (χ1v) is 5.08. The third kappa shape index (κ3) is 15.3. The highest BCUT2D eigenvalue weighted by Crippen LogP contribution is 1.80. The molecule has 0 aromatic carbocycles. The Labute approximate surface area is 96.1 Å². The molecule has 0 aromatic heterocycles. The monoisotopic (exact) mass is 235 g/mol. The van der Waals surface area contributed by atoms with Gasteiger partial charge in [-0.25, -0.2) is 9.59 Å². The number of hydrogen-bond acceptors (Lipinski definition) is 5. The van der Waals surface area contributed by atoms with Crippen LogP contribution in [-0.2, 0) is 19.1 Å². The van der Waals surface area contributed by atoms with Gasteiger partial charge in [-0.15, -0.1) is 0 Å². The van der Waals surface area contributed by atoms with Gasteiger partial charge >= 0.3 is 11.9 Å². The number of likely N-dealkylation sites (N-methyl/N-ethyl adjacent to an activating group) is 1. The number of rotatable bonds is 5. The van der Waals surface area contributed by atoms with Gasteiger partial charge in [0.25, 0.3) is 0 Å². The molecule has 0 saturated carbocycles. The van der Waals surface area contributed by atoms with Crippen molar-refractivity contribution in [1.82, 2.24) is 4.90 Å². The van der Waals surface area contributed by atoms with Crippen molar-refractivity contribution in [2.45, 2.75) is 13.8 Å². The lowest BCUT2D eigenvalue weighted by molar-refractivity contribution is -0.164. The van der Waals surface area contributed by atoms with Crippen LogP contribution in [-0.4, -0.2) is 62.4 Å². The molecule has 0 aliphatic rings. The summed E-state index contributed by atoms with van der Waals surface area (Å²) < 4.78 is 9.17. The highest BCUT2D eigenvalue weighted by molar-refractivity contribution is 6.28. The van der Waals surface area contributed by atoms with E-state index in [0.717, 1.165) is 13.2 Å². The van der Waals surface area contributed by atoms with Crippen LogP contribution < -0.4 is 0 Å². The van der Waals surface area contributed by atoms with Crippen molar-refractivity contribution in [2.75, 3.05) is 40.5 Å². The SMILES string of the molecule is CCOCC.CN(C)CCOC(=O)C(=O)O. The number of carboxylic acid groups (broad SMARTS) is 1. The number of nitrogens with zero attached hydrogens (tertiary/aromatic N) is 1. The van der Waals surface area contributed by atoms with E-state index in [1.54, 1.807) is 19.0 Å². The lowest BCUT2D eigenvalue weighted by Crippen LogP contribution is -2.23. The minimum Gasteiger partial charge on any atom is -0.473 e. The second-order valence-electron chi connectivity index (χ2n) is 3.03. The summed E-state index contributed by atoms with van der Waals surface area (Å²) in [6, 6.07) is 0. The van der Waals surface area contributed by atoms with Gasteiger partial charge < -0.3 is 19.5 Å². The molecule has 0 fully saturated rings. The van der Waals surface area contributed by atoms with Gasteiger partial charge in [0.1, 0.15) is 6.61 Å². The molecule has 0 saturated heterocycles. The molecule has 0 amide bonds. The number of aliphatic carboxylic acids is 1. The number of carbonyl (C=O) groups is 2. The van der Waals surface area contributed by atoms with Crippen LogP contribution in [0, 0.1) is 0 Å². The van der Waals surface area contributed by atoms with Crippen molar-refractivity contribution in [3.8, 4) is 0 Å². The fourth-order valence-corrected chi connectivity index (χ4v) is 0.587. The largest absolute Gasteiger partial charge is 0.473 e. The molecule has 6 nitrogen and oxygen atoms in total.